The maximum absolute atomic E-state index is 12.6. The summed E-state index contributed by atoms with van der Waals surface area (Å²) in [5, 5.41) is 0.480. The van der Waals surface area contributed by atoms with Crippen molar-refractivity contribution in [2.24, 2.45) is 0 Å². The number of fused-ring (bicyclic) bond motifs is 1. The summed E-state index contributed by atoms with van der Waals surface area (Å²) in [5.41, 5.74) is 3.20. The van der Waals surface area contributed by atoms with E-state index in [9.17, 15) is 4.79 Å². The predicted molar refractivity (Wildman–Crippen MR) is 90.5 cm³/mol. The summed E-state index contributed by atoms with van der Waals surface area (Å²) < 4.78 is 16.5. The molecule has 0 N–H and O–H groups in total. The fourth-order valence-corrected chi connectivity index (χ4v) is 2.66. The molecular weight excluding hydrogens is 292 g/mol. The molecule has 0 unspecified atom stereocenters. The smallest absolute Gasteiger partial charge is 0.197 e. The Kier molecular flexibility index (Phi) is 3.82. The van der Waals surface area contributed by atoms with Gasteiger partial charge in [0.15, 0.2) is 5.43 Å². The average molecular weight is 310 g/mol. The number of hydrogen-bond donors (Lipinski definition) is 0. The summed E-state index contributed by atoms with van der Waals surface area (Å²) >= 11 is 0. The maximum Gasteiger partial charge on any atom is 0.197 e. The number of ether oxygens (including phenoxy) is 2. The van der Waals surface area contributed by atoms with Crippen molar-refractivity contribution >= 4 is 11.0 Å². The Labute approximate surface area is 134 Å². The van der Waals surface area contributed by atoms with Gasteiger partial charge in [0.25, 0.3) is 0 Å². The van der Waals surface area contributed by atoms with E-state index in [0.29, 0.717) is 22.5 Å². The van der Waals surface area contributed by atoms with Crippen molar-refractivity contribution in [2.45, 2.75) is 13.8 Å². The maximum atomic E-state index is 12.6. The molecule has 0 bridgehead atoms. The second-order valence-electron chi connectivity index (χ2n) is 5.43. The van der Waals surface area contributed by atoms with Gasteiger partial charge < -0.3 is 13.9 Å². The molecular formula is C19H18O4. The summed E-state index contributed by atoms with van der Waals surface area (Å²) in [6.45, 7) is 3.90. The highest BCUT2D eigenvalue weighted by molar-refractivity contribution is 5.87. The first-order valence-corrected chi connectivity index (χ1v) is 7.31. The molecule has 3 rings (SSSR count). The van der Waals surface area contributed by atoms with E-state index in [1.54, 1.807) is 14.2 Å². The van der Waals surface area contributed by atoms with Crippen molar-refractivity contribution < 1.29 is 13.9 Å². The van der Waals surface area contributed by atoms with Crippen molar-refractivity contribution in [1.82, 2.24) is 0 Å². The Morgan fingerprint density at radius 1 is 0.957 bits per heavy atom. The SMILES string of the molecule is COc1ccc(-c2cc(=O)c3c(OC)c(C)c(C)cc3o2)cc1. The first kappa shape index (κ1) is 15.2. The van der Waals surface area contributed by atoms with Crippen LogP contribution in [-0.4, -0.2) is 14.2 Å². The van der Waals surface area contributed by atoms with Gasteiger partial charge in [0.1, 0.15) is 28.2 Å². The minimum atomic E-state index is -0.114. The molecule has 0 aliphatic carbocycles. The molecule has 0 saturated carbocycles. The highest BCUT2D eigenvalue weighted by atomic mass is 16.5. The molecule has 0 spiro atoms. The van der Waals surface area contributed by atoms with E-state index in [2.05, 4.69) is 0 Å². The van der Waals surface area contributed by atoms with Gasteiger partial charge in [-0.05, 0) is 55.3 Å². The minimum absolute atomic E-state index is 0.114. The molecule has 23 heavy (non-hydrogen) atoms. The quantitative estimate of drug-likeness (QED) is 0.731. The van der Waals surface area contributed by atoms with Crippen molar-refractivity contribution in [1.29, 1.82) is 0 Å². The van der Waals surface area contributed by atoms with E-state index < -0.39 is 0 Å². The molecule has 4 nitrogen and oxygen atoms in total. The van der Waals surface area contributed by atoms with Crippen LogP contribution >= 0.6 is 0 Å². The van der Waals surface area contributed by atoms with Crippen molar-refractivity contribution in [3.63, 3.8) is 0 Å². The highest BCUT2D eigenvalue weighted by Gasteiger charge is 2.15. The summed E-state index contributed by atoms with van der Waals surface area (Å²) in [6.07, 6.45) is 0. The Morgan fingerprint density at radius 3 is 2.26 bits per heavy atom. The van der Waals surface area contributed by atoms with Crippen LogP contribution in [0.25, 0.3) is 22.3 Å². The fraction of sp³-hybridized carbons (Fsp3) is 0.211. The Bertz CT molecular complexity index is 921. The third kappa shape index (κ3) is 2.57. The van der Waals surface area contributed by atoms with Crippen LogP contribution in [0.4, 0.5) is 0 Å². The van der Waals surface area contributed by atoms with Crippen molar-refractivity contribution in [3.05, 3.63) is 57.7 Å². The van der Waals surface area contributed by atoms with E-state index in [4.69, 9.17) is 13.9 Å². The lowest BCUT2D eigenvalue weighted by Crippen LogP contribution is -2.05. The lowest BCUT2D eigenvalue weighted by Gasteiger charge is -2.12. The Hall–Kier alpha value is -2.75. The lowest BCUT2D eigenvalue weighted by atomic mass is 10.0. The first-order valence-electron chi connectivity index (χ1n) is 7.31. The van der Waals surface area contributed by atoms with E-state index in [1.165, 1.54) is 6.07 Å². The molecule has 2 aromatic carbocycles. The third-order valence-corrected chi connectivity index (χ3v) is 4.06. The molecule has 0 atom stereocenters. The second-order valence-corrected chi connectivity index (χ2v) is 5.43. The third-order valence-electron chi connectivity index (χ3n) is 4.06. The van der Waals surface area contributed by atoms with Gasteiger partial charge in [-0.25, -0.2) is 0 Å². The van der Waals surface area contributed by atoms with Gasteiger partial charge in [0.05, 0.1) is 14.2 Å². The zero-order valence-corrected chi connectivity index (χ0v) is 13.6. The predicted octanol–water partition coefficient (Wildman–Crippen LogP) is 4.09. The molecule has 1 aromatic heterocycles. The van der Waals surface area contributed by atoms with Crippen LogP contribution in [0.1, 0.15) is 11.1 Å². The standard InChI is InChI=1S/C19H18O4/c1-11-9-17-18(19(22-4)12(11)2)15(20)10-16(23-17)13-5-7-14(21-3)8-6-13/h5-10H,1-4H3. The molecule has 1 heterocycles. The van der Waals surface area contributed by atoms with Crippen LogP contribution in [0.5, 0.6) is 11.5 Å². The molecule has 0 aliphatic rings. The topological polar surface area (TPSA) is 48.7 Å². The molecule has 4 heteroatoms. The molecule has 0 radical (unpaired) electrons. The Balaban J connectivity index is 2.25. The normalized spacial score (nSPS) is 10.8. The number of hydrogen-bond acceptors (Lipinski definition) is 4. The number of rotatable bonds is 3. The summed E-state index contributed by atoms with van der Waals surface area (Å²) in [6, 6.07) is 10.8. The van der Waals surface area contributed by atoms with Crippen LogP contribution in [0.3, 0.4) is 0 Å². The van der Waals surface area contributed by atoms with Crippen LogP contribution < -0.4 is 14.9 Å². The second kappa shape index (κ2) is 5.80. The van der Waals surface area contributed by atoms with Gasteiger partial charge >= 0.3 is 0 Å². The van der Waals surface area contributed by atoms with Gasteiger partial charge in [-0.15, -0.1) is 0 Å². The number of aryl methyl sites for hydroxylation is 1. The highest BCUT2D eigenvalue weighted by Crippen LogP contribution is 2.32. The minimum Gasteiger partial charge on any atom is -0.497 e. The van der Waals surface area contributed by atoms with Gasteiger partial charge in [-0.3, -0.25) is 4.79 Å². The molecule has 118 valence electrons. The zero-order valence-electron chi connectivity index (χ0n) is 13.6. The van der Waals surface area contributed by atoms with Gasteiger partial charge in [0.2, 0.25) is 0 Å². The molecule has 0 amide bonds. The van der Waals surface area contributed by atoms with Gasteiger partial charge in [-0.1, -0.05) is 0 Å². The monoisotopic (exact) mass is 310 g/mol. The van der Waals surface area contributed by atoms with E-state index in [-0.39, 0.29) is 5.43 Å². The summed E-state index contributed by atoms with van der Waals surface area (Å²) in [4.78, 5) is 12.6. The van der Waals surface area contributed by atoms with Crippen molar-refractivity contribution in [2.75, 3.05) is 14.2 Å². The van der Waals surface area contributed by atoms with E-state index >= 15 is 0 Å². The zero-order chi connectivity index (χ0) is 16.6. The van der Waals surface area contributed by atoms with Crippen LogP contribution in [0, 0.1) is 13.8 Å². The average Bonchev–Trinajstić information content (AvgIpc) is 2.56. The van der Waals surface area contributed by atoms with Gasteiger partial charge in [0, 0.05) is 11.6 Å². The van der Waals surface area contributed by atoms with Gasteiger partial charge in [-0.2, -0.15) is 0 Å². The number of methoxy groups -OCH3 is 2. The summed E-state index contributed by atoms with van der Waals surface area (Å²) in [5.74, 6) is 1.86. The largest absolute Gasteiger partial charge is 0.497 e. The van der Waals surface area contributed by atoms with Crippen LogP contribution in [-0.2, 0) is 0 Å². The lowest BCUT2D eigenvalue weighted by molar-refractivity contribution is 0.415. The van der Waals surface area contributed by atoms with Crippen molar-refractivity contribution in [3.8, 4) is 22.8 Å². The Morgan fingerprint density at radius 2 is 1.65 bits per heavy atom. The summed E-state index contributed by atoms with van der Waals surface area (Å²) in [7, 11) is 3.18. The van der Waals surface area contributed by atoms with E-state index in [0.717, 1.165) is 22.4 Å². The van der Waals surface area contributed by atoms with Crippen LogP contribution in [0.2, 0.25) is 0 Å². The molecule has 0 fully saturated rings. The van der Waals surface area contributed by atoms with Crippen LogP contribution in [0.15, 0.2) is 45.6 Å². The molecule has 0 saturated heterocycles. The number of benzene rings is 2. The fourth-order valence-electron chi connectivity index (χ4n) is 2.66. The molecule has 0 aliphatic heterocycles. The molecule has 3 aromatic rings. The van der Waals surface area contributed by atoms with E-state index in [1.807, 2.05) is 44.2 Å². The first-order chi connectivity index (χ1) is 11.0.